The van der Waals surface area contributed by atoms with Crippen LogP contribution in [0.4, 0.5) is 0 Å². The number of nitrogens with one attached hydrogen (secondary N) is 1. The van der Waals surface area contributed by atoms with Crippen LogP contribution in [0, 0.1) is 5.92 Å². The summed E-state index contributed by atoms with van der Waals surface area (Å²) in [5, 5.41) is 0. The Morgan fingerprint density at radius 3 is 2.36 bits per heavy atom. The monoisotopic (exact) mass is 204 g/mol. The minimum atomic E-state index is 0.237. The van der Waals surface area contributed by atoms with Crippen LogP contribution in [0.1, 0.15) is 26.7 Å². The van der Waals surface area contributed by atoms with Crippen molar-refractivity contribution in [3.05, 3.63) is 0 Å². The number of rotatable bonds is 8. The molecule has 0 aromatic carbocycles. The van der Waals surface area contributed by atoms with Crippen LogP contribution in [-0.2, 0) is 9.47 Å². The molecule has 3 unspecified atom stereocenters. The molecule has 0 spiro atoms. The van der Waals surface area contributed by atoms with E-state index in [1.54, 1.807) is 14.2 Å². The van der Waals surface area contributed by atoms with Crippen LogP contribution in [0.5, 0.6) is 0 Å². The molecule has 14 heavy (non-hydrogen) atoms. The molecule has 0 aromatic heterocycles. The van der Waals surface area contributed by atoms with E-state index >= 15 is 0 Å². The van der Waals surface area contributed by atoms with Gasteiger partial charge in [-0.3, -0.25) is 11.3 Å². The quantitative estimate of drug-likeness (QED) is 0.456. The average molecular weight is 204 g/mol. The third kappa shape index (κ3) is 5.54. The summed E-state index contributed by atoms with van der Waals surface area (Å²) < 4.78 is 10.2. The van der Waals surface area contributed by atoms with E-state index in [-0.39, 0.29) is 6.10 Å². The van der Waals surface area contributed by atoms with E-state index in [0.717, 1.165) is 19.4 Å². The number of hydrogen-bond acceptors (Lipinski definition) is 4. The molecule has 0 radical (unpaired) electrons. The summed E-state index contributed by atoms with van der Waals surface area (Å²) >= 11 is 0. The molecule has 0 saturated heterocycles. The number of methoxy groups -OCH3 is 2. The Balaban J connectivity index is 3.85. The van der Waals surface area contributed by atoms with E-state index in [9.17, 15) is 0 Å². The van der Waals surface area contributed by atoms with E-state index in [1.165, 1.54) is 0 Å². The molecule has 0 aliphatic heterocycles. The predicted molar refractivity (Wildman–Crippen MR) is 57.9 cm³/mol. The van der Waals surface area contributed by atoms with Crippen LogP contribution in [0.15, 0.2) is 0 Å². The van der Waals surface area contributed by atoms with Gasteiger partial charge in [0.05, 0.1) is 6.10 Å². The van der Waals surface area contributed by atoms with Crippen LogP contribution in [0.25, 0.3) is 0 Å². The highest BCUT2D eigenvalue weighted by molar-refractivity contribution is 4.73. The minimum absolute atomic E-state index is 0.237. The Labute approximate surface area is 87.1 Å². The first-order valence-electron chi connectivity index (χ1n) is 5.13. The first-order chi connectivity index (χ1) is 6.65. The molecule has 86 valence electrons. The lowest BCUT2D eigenvalue weighted by atomic mass is 9.94. The molecule has 0 heterocycles. The highest BCUT2D eigenvalue weighted by Gasteiger charge is 2.18. The van der Waals surface area contributed by atoms with Crippen LogP contribution in [0.3, 0.4) is 0 Å². The van der Waals surface area contributed by atoms with Crippen molar-refractivity contribution in [2.75, 3.05) is 20.8 Å². The molecular formula is C10H24N2O2. The van der Waals surface area contributed by atoms with Gasteiger partial charge in [0.1, 0.15) is 0 Å². The average Bonchev–Trinajstić information content (AvgIpc) is 2.21. The fourth-order valence-corrected chi connectivity index (χ4v) is 1.42. The summed E-state index contributed by atoms with van der Waals surface area (Å²) in [7, 11) is 3.44. The van der Waals surface area contributed by atoms with Gasteiger partial charge in [0, 0.05) is 26.9 Å². The predicted octanol–water partition coefficient (Wildman–Crippen LogP) is 0.916. The van der Waals surface area contributed by atoms with Crippen molar-refractivity contribution in [3.8, 4) is 0 Å². The molecule has 0 bridgehead atoms. The van der Waals surface area contributed by atoms with Crippen molar-refractivity contribution in [2.45, 2.75) is 38.8 Å². The van der Waals surface area contributed by atoms with Gasteiger partial charge < -0.3 is 9.47 Å². The second-order valence-corrected chi connectivity index (χ2v) is 3.81. The van der Waals surface area contributed by atoms with Gasteiger partial charge in [-0.15, -0.1) is 0 Å². The van der Waals surface area contributed by atoms with Crippen LogP contribution in [-0.4, -0.2) is 33.0 Å². The lowest BCUT2D eigenvalue weighted by molar-refractivity contribution is 0.0881. The fraction of sp³-hybridized carbons (Fsp3) is 1.00. The summed E-state index contributed by atoms with van der Waals surface area (Å²) in [6.07, 6.45) is 2.18. The molecule has 0 fully saturated rings. The van der Waals surface area contributed by atoms with Crippen molar-refractivity contribution in [1.29, 1.82) is 0 Å². The molecule has 3 N–H and O–H groups in total. The lowest BCUT2D eigenvalue weighted by Crippen LogP contribution is -2.42. The molecule has 0 aromatic rings. The highest BCUT2D eigenvalue weighted by Crippen LogP contribution is 2.13. The Hall–Kier alpha value is -0.160. The number of ether oxygens (including phenoxy) is 2. The van der Waals surface area contributed by atoms with Crippen molar-refractivity contribution in [3.63, 3.8) is 0 Å². The van der Waals surface area contributed by atoms with Gasteiger partial charge in [0.25, 0.3) is 0 Å². The summed E-state index contributed by atoms with van der Waals surface area (Å²) in [5.41, 5.74) is 2.84. The molecule has 0 amide bonds. The lowest BCUT2D eigenvalue weighted by Gasteiger charge is -2.25. The molecule has 4 heteroatoms. The Kier molecular flexibility index (Phi) is 8.08. The Morgan fingerprint density at radius 2 is 1.93 bits per heavy atom. The maximum atomic E-state index is 5.50. The summed E-state index contributed by atoms with van der Waals surface area (Å²) in [4.78, 5) is 0. The first kappa shape index (κ1) is 13.8. The van der Waals surface area contributed by atoms with E-state index in [0.29, 0.717) is 12.0 Å². The molecule has 4 nitrogen and oxygen atoms in total. The first-order valence-corrected chi connectivity index (χ1v) is 5.13. The SMILES string of the molecule is COCCC(C)C(CC(C)OC)NN. The van der Waals surface area contributed by atoms with Crippen LogP contribution in [0.2, 0.25) is 0 Å². The normalized spacial score (nSPS) is 17.8. The Bertz CT molecular complexity index is 133. The maximum absolute atomic E-state index is 5.50. The van der Waals surface area contributed by atoms with E-state index in [2.05, 4.69) is 12.3 Å². The van der Waals surface area contributed by atoms with Crippen molar-refractivity contribution in [2.24, 2.45) is 11.8 Å². The minimum Gasteiger partial charge on any atom is -0.385 e. The summed E-state index contributed by atoms with van der Waals surface area (Å²) in [5.74, 6) is 6.00. The second-order valence-electron chi connectivity index (χ2n) is 3.81. The zero-order valence-electron chi connectivity index (χ0n) is 9.75. The van der Waals surface area contributed by atoms with Gasteiger partial charge in [0.2, 0.25) is 0 Å². The summed E-state index contributed by atoms with van der Waals surface area (Å²) in [6.45, 7) is 5.00. The molecule has 3 atom stereocenters. The van der Waals surface area contributed by atoms with Crippen molar-refractivity contribution >= 4 is 0 Å². The van der Waals surface area contributed by atoms with E-state index < -0.39 is 0 Å². The molecule has 0 aliphatic rings. The number of hydrazine groups is 1. The van der Waals surface area contributed by atoms with Crippen molar-refractivity contribution in [1.82, 2.24) is 5.43 Å². The van der Waals surface area contributed by atoms with E-state index in [4.69, 9.17) is 15.3 Å². The van der Waals surface area contributed by atoms with Gasteiger partial charge in [0.15, 0.2) is 0 Å². The van der Waals surface area contributed by atoms with E-state index in [1.807, 2.05) is 6.92 Å². The fourth-order valence-electron chi connectivity index (χ4n) is 1.42. The topological polar surface area (TPSA) is 56.5 Å². The smallest absolute Gasteiger partial charge is 0.0558 e. The molecular weight excluding hydrogens is 180 g/mol. The van der Waals surface area contributed by atoms with Gasteiger partial charge in [-0.25, -0.2) is 0 Å². The zero-order chi connectivity index (χ0) is 11.0. The van der Waals surface area contributed by atoms with Gasteiger partial charge in [-0.05, 0) is 25.7 Å². The zero-order valence-corrected chi connectivity index (χ0v) is 9.75. The van der Waals surface area contributed by atoms with Gasteiger partial charge in [-0.1, -0.05) is 6.92 Å². The van der Waals surface area contributed by atoms with Crippen LogP contribution >= 0.6 is 0 Å². The maximum Gasteiger partial charge on any atom is 0.0558 e. The van der Waals surface area contributed by atoms with Crippen molar-refractivity contribution < 1.29 is 9.47 Å². The molecule has 0 aliphatic carbocycles. The highest BCUT2D eigenvalue weighted by atomic mass is 16.5. The molecule has 0 saturated carbocycles. The Morgan fingerprint density at radius 1 is 1.29 bits per heavy atom. The van der Waals surface area contributed by atoms with Gasteiger partial charge in [-0.2, -0.15) is 0 Å². The third-order valence-corrected chi connectivity index (χ3v) is 2.67. The summed E-state index contributed by atoms with van der Waals surface area (Å²) in [6, 6.07) is 0.292. The molecule has 0 rings (SSSR count). The van der Waals surface area contributed by atoms with Crippen LogP contribution < -0.4 is 11.3 Å². The largest absolute Gasteiger partial charge is 0.385 e. The number of hydrogen-bond donors (Lipinski definition) is 2. The third-order valence-electron chi connectivity index (χ3n) is 2.67. The van der Waals surface area contributed by atoms with Gasteiger partial charge >= 0.3 is 0 Å². The second kappa shape index (κ2) is 8.17. The standard InChI is InChI=1S/C10H24N2O2/c1-8(5-6-13-3)10(12-11)7-9(2)14-4/h8-10,12H,5-7,11H2,1-4H3. The number of nitrogens with two attached hydrogens (primary N) is 1.